The van der Waals surface area contributed by atoms with Gasteiger partial charge in [0.2, 0.25) is 0 Å². The maximum atomic E-state index is 11.8. The number of aryl methyl sites for hydroxylation is 3. The van der Waals surface area contributed by atoms with Gasteiger partial charge in [0.1, 0.15) is 16.5 Å². The van der Waals surface area contributed by atoms with Gasteiger partial charge in [-0.25, -0.2) is 9.97 Å². The predicted octanol–water partition coefficient (Wildman–Crippen LogP) is 2.92. The molecule has 3 aromatic rings. The molecule has 1 amide bonds. The number of nitrogens with one attached hydrogen (secondary N) is 2. The maximum Gasteiger partial charge on any atom is 0.287 e. The molecule has 0 aromatic carbocycles. The molecule has 4 rings (SSSR count). The Bertz CT molecular complexity index is 886. The molecule has 0 saturated carbocycles. The molecule has 3 heterocycles. The summed E-state index contributed by atoms with van der Waals surface area (Å²) in [5.74, 6) is 1.77. The second-order valence-corrected chi connectivity index (χ2v) is 6.90. The molecule has 0 bridgehead atoms. The zero-order valence-electron chi connectivity index (χ0n) is 13.4. The number of carbonyl (C=O) groups excluding carboxylic acids is 1. The van der Waals surface area contributed by atoms with Crippen molar-refractivity contribution in [3.63, 3.8) is 0 Å². The minimum atomic E-state index is -0.206. The highest BCUT2D eigenvalue weighted by Gasteiger charge is 2.21. The topological polar surface area (TPSA) is 80.0 Å². The average molecular weight is 342 g/mol. The molecule has 0 aliphatic heterocycles. The fourth-order valence-corrected chi connectivity index (χ4v) is 4.39. The molecule has 0 atom stereocenters. The van der Waals surface area contributed by atoms with E-state index in [-0.39, 0.29) is 5.91 Å². The molecule has 1 aliphatic carbocycles. The van der Waals surface area contributed by atoms with Gasteiger partial charge in [-0.15, -0.1) is 11.3 Å². The summed E-state index contributed by atoms with van der Waals surface area (Å²) in [4.78, 5) is 23.5. The molecular formula is C17H18N4O2S. The second-order valence-electron chi connectivity index (χ2n) is 5.82. The van der Waals surface area contributed by atoms with Gasteiger partial charge in [0.25, 0.3) is 5.91 Å². The van der Waals surface area contributed by atoms with E-state index >= 15 is 0 Å². The Kier molecular flexibility index (Phi) is 3.93. The molecule has 0 unspecified atom stereocenters. The smallest absolute Gasteiger partial charge is 0.287 e. The van der Waals surface area contributed by atoms with E-state index in [0.29, 0.717) is 18.8 Å². The molecule has 24 heavy (non-hydrogen) atoms. The normalized spacial score (nSPS) is 13.2. The zero-order valence-corrected chi connectivity index (χ0v) is 14.2. The van der Waals surface area contributed by atoms with Crippen molar-refractivity contribution in [1.82, 2.24) is 15.3 Å². The van der Waals surface area contributed by atoms with E-state index in [9.17, 15) is 4.79 Å². The van der Waals surface area contributed by atoms with Crippen LogP contribution in [0, 0.1) is 6.92 Å². The number of fused-ring (bicyclic) bond motifs is 3. The van der Waals surface area contributed by atoms with Crippen LogP contribution in [-0.4, -0.2) is 29.0 Å². The summed E-state index contributed by atoms with van der Waals surface area (Å²) >= 11 is 1.78. The van der Waals surface area contributed by atoms with Crippen molar-refractivity contribution in [2.75, 3.05) is 18.4 Å². The Balaban J connectivity index is 1.46. The molecule has 3 aromatic heterocycles. The summed E-state index contributed by atoms with van der Waals surface area (Å²) in [6.07, 6.45) is 4.95. The van der Waals surface area contributed by atoms with Crippen LogP contribution in [0.5, 0.6) is 0 Å². The minimum Gasteiger partial charge on any atom is -0.459 e. The van der Waals surface area contributed by atoms with Crippen molar-refractivity contribution in [2.45, 2.75) is 26.2 Å². The van der Waals surface area contributed by atoms with Crippen molar-refractivity contribution in [3.05, 3.63) is 40.4 Å². The molecule has 0 radical (unpaired) electrons. The summed E-state index contributed by atoms with van der Waals surface area (Å²) in [5, 5.41) is 7.35. The zero-order chi connectivity index (χ0) is 16.5. The molecule has 0 fully saturated rings. The summed E-state index contributed by atoms with van der Waals surface area (Å²) in [6, 6.07) is 3.35. The van der Waals surface area contributed by atoms with Crippen LogP contribution in [0.2, 0.25) is 0 Å². The first-order valence-electron chi connectivity index (χ1n) is 8.07. The number of nitrogens with zero attached hydrogens (tertiary/aromatic N) is 2. The van der Waals surface area contributed by atoms with Crippen molar-refractivity contribution < 1.29 is 9.21 Å². The van der Waals surface area contributed by atoms with Crippen LogP contribution < -0.4 is 10.6 Å². The Morgan fingerprint density at radius 1 is 1.33 bits per heavy atom. The standard InChI is InChI=1S/C17H18N4O2S/c1-10-20-15(14-11-4-2-6-13(11)24-17(14)21-10)18-7-8-19-16(22)12-5-3-9-23-12/h3,5,9H,2,4,6-8H2,1H3,(H,19,22)(H,18,20,21). The number of aromatic nitrogens is 2. The van der Waals surface area contributed by atoms with Crippen LogP contribution in [-0.2, 0) is 12.8 Å². The van der Waals surface area contributed by atoms with E-state index in [1.807, 2.05) is 6.92 Å². The number of thiophene rings is 1. The molecule has 6 nitrogen and oxygen atoms in total. The number of hydrogen-bond acceptors (Lipinski definition) is 6. The molecule has 2 N–H and O–H groups in total. The molecule has 124 valence electrons. The second kappa shape index (κ2) is 6.24. The maximum absolute atomic E-state index is 11.8. The Hall–Kier alpha value is -2.41. The van der Waals surface area contributed by atoms with Crippen LogP contribution in [0.3, 0.4) is 0 Å². The minimum absolute atomic E-state index is 0.206. The largest absolute Gasteiger partial charge is 0.459 e. The highest BCUT2D eigenvalue weighted by molar-refractivity contribution is 7.19. The van der Waals surface area contributed by atoms with Gasteiger partial charge in [-0.2, -0.15) is 0 Å². The van der Waals surface area contributed by atoms with E-state index in [2.05, 4.69) is 20.6 Å². The summed E-state index contributed by atoms with van der Waals surface area (Å²) in [7, 11) is 0. The third-order valence-corrected chi connectivity index (χ3v) is 5.31. The van der Waals surface area contributed by atoms with Gasteiger partial charge >= 0.3 is 0 Å². The fraction of sp³-hybridized carbons (Fsp3) is 0.353. The lowest BCUT2D eigenvalue weighted by Gasteiger charge is -2.09. The van der Waals surface area contributed by atoms with Gasteiger partial charge in [0, 0.05) is 18.0 Å². The average Bonchev–Trinajstić information content (AvgIpc) is 3.26. The van der Waals surface area contributed by atoms with Crippen molar-refractivity contribution in [3.8, 4) is 0 Å². The van der Waals surface area contributed by atoms with Gasteiger partial charge < -0.3 is 15.1 Å². The molecular weight excluding hydrogens is 324 g/mol. The number of hydrogen-bond donors (Lipinski definition) is 2. The fourth-order valence-electron chi connectivity index (χ4n) is 3.08. The van der Waals surface area contributed by atoms with Gasteiger partial charge in [-0.3, -0.25) is 4.79 Å². The first-order chi connectivity index (χ1) is 11.7. The highest BCUT2D eigenvalue weighted by Crippen LogP contribution is 2.39. The number of carbonyl (C=O) groups is 1. The number of rotatable bonds is 5. The van der Waals surface area contributed by atoms with Crippen molar-refractivity contribution in [2.24, 2.45) is 0 Å². The van der Waals surface area contributed by atoms with Crippen LogP contribution in [0.15, 0.2) is 22.8 Å². The molecule has 0 spiro atoms. The molecule has 0 saturated heterocycles. The summed E-state index contributed by atoms with van der Waals surface area (Å²) < 4.78 is 5.07. The Morgan fingerprint density at radius 2 is 2.25 bits per heavy atom. The SMILES string of the molecule is Cc1nc(NCCNC(=O)c2ccco2)c2c3c(sc2n1)CCC3. The lowest BCUT2D eigenvalue weighted by atomic mass is 10.2. The van der Waals surface area contributed by atoms with E-state index in [0.717, 1.165) is 34.7 Å². The first kappa shape index (κ1) is 15.1. The monoisotopic (exact) mass is 342 g/mol. The van der Waals surface area contributed by atoms with Crippen LogP contribution >= 0.6 is 11.3 Å². The highest BCUT2D eigenvalue weighted by atomic mass is 32.1. The Labute approximate surface area is 143 Å². The van der Waals surface area contributed by atoms with E-state index < -0.39 is 0 Å². The van der Waals surface area contributed by atoms with Crippen LogP contribution in [0.1, 0.15) is 33.2 Å². The first-order valence-corrected chi connectivity index (χ1v) is 8.88. The molecule has 1 aliphatic rings. The Morgan fingerprint density at radius 3 is 3.08 bits per heavy atom. The van der Waals surface area contributed by atoms with E-state index in [4.69, 9.17) is 4.42 Å². The van der Waals surface area contributed by atoms with Gasteiger partial charge in [-0.05, 0) is 43.9 Å². The van der Waals surface area contributed by atoms with Crippen LogP contribution in [0.4, 0.5) is 5.82 Å². The van der Waals surface area contributed by atoms with Crippen molar-refractivity contribution in [1.29, 1.82) is 0 Å². The lowest BCUT2D eigenvalue weighted by molar-refractivity contribution is 0.0927. The molecule has 7 heteroatoms. The third kappa shape index (κ3) is 2.75. The van der Waals surface area contributed by atoms with Gasteiger partial charge in [0.15, 0.2) is 5.76 Å². The van der Waals surface area contributed by atoms with E-state index in [1.54, 1.807) is 23.5 Å². The van der Waals surface area contributed by atoms with Gasteiger partial charge in [-0.1, -0.05) is 0 Å². The lowest BCUT2D eigenvalue weighted by Crippen LogP contribution is -2.28. The number of amides is 1. The third-order valence-electron chi connectivity index (χ3n) is 4.12. The van der Waals surface area contributed by atoms with Crippen molar-refractivity contribution >= 4 is 33.3 Å². The number of anilines is 1. The van der Waals surface area contributed by atoms with Gasteiger partial charge in [0.05, 0.1) is 11.6 Å². The van der Waals surface area contributed by atoms with Crippen LogP contribution in [0.25, 0.3) is 10.2 Å². The summed E-state index contributed by atoms with van der Waals surface area (Å²) in [5.41, 5.74) is 1.40. The van der Waals surface area contributed by atoms with E-state index in [1.165, 1.54) is 23.1 Å². The summed E-state index contributed by atoms with van der Waals surface area (Å²) in [6.45, 7) is 3.01. The predicted molar refractivity (Wildman–Crippen MR) is 93.7 cm³/mol. The quantitative estimate of drug-likeness (QED) is 0.697. The number of furan rings is 1.